The highest BCUT2D eigenvalue weighted by atomic mass is 15.0. The van der Waals surface area contributed by atoms with E-state index >= 15 is 0 Å². The third-order valence-corrected chi connectivity index (χ3v) is 3.60. The van der Waals surface area contributed by atoms with Crippen LogP contribution in [0.25, 0.3) is 28.7 Å². The van der Waals surface area contributed by atoms with Crippen molar-refractivity contribution in [2.24, 2.45) is 0 Å². The van der Waals surface area contributed by atoms with Gasteiger partial charge in [0, 0.05) is 16.3 Å². The van der Waals surface area contributed by atoms with E-state index < -0.39 is 0 Å². The van der Waals surface area contributed by atoms with Crippen LogP contribution in [-0.2, 0) is 0 Å². The quantitative estimate of drug-likeness (QED) is 0.630. The van der Waals surface area contributed by atoms with Crippen molar-refractivity contribution in [2.45, 2.75) is 20.3 Å². The van der Waals surface area contributed by atoms with Gasteiger partial charge in [-0.3, -0.25) is 0 Å². The van der Waals surface area contributed by atoms with Gasteiger partial charge in [0.1, 0.15) is 0 Å². The molecule has 0 bridgehead atoms. The van der Waals surface area contributed by atoms with E-state index in [9.17, 15) is 0 Å². The molecule has 1 aliphatic carbocycles. The average molecular weight is 261 g/mol. The molecule has 2 aromatic carbocycles. The molecular formula is C19H19N. The normalized spacial score (nSPS) is 12.1. The van der Waals surface area contributed by atoms with Crippen molar-refractivity contribution in [1.29, 1.82) is 0 Å². The molecule has 0 spiro atoms. The summed E-state index contributed by atoms with van der Waals surface area (Å²) >= 11 is 0. The van der Waals surface area contributed by atoms with Gasteiger partial charge in [-0.1, -0.05) is 62.4 Å². The number of hydrogen-bond donors (Lipinski definition) is 0. The number of benzene rings is 2. The lowest BCUT2D eigenvalue weighted by Gasteiger charge is -2.05. The molecule has 1 aromatic heterocycles. The molecule has 3 aromatic rings. The monoisotopic (exact) mass is 261 g/mol. The van der Waals surface area contributed by atoms with Gasteiger partial charge in [0.25, 0.3) is 0 Å². The van der Waals surface area contributed by atoms with E-state index in [4.69, 9.17) is 0 Å². The Labute approximate surface area is 119 Å². The summed E-state index contributed by atoms with van der Waals surface area (Å²) in [6.45, 7) is 4.00. The minimum atomic E-state index is 1.04. The van der Waals surface area contributed by atoms with Crippen LogP contribution in [0.3, 0.4) is 0 Å². The molecule has 1 heterocycles. The summed E-state index contributed by atoms with van der Waals surface area (Å²) in [5.41, 5.74) is 2.53. The van der Waals surface area contributed by atoms with Crippen molar-refractivity contribution in [1.82, 2.24) is 4.57 Å². The third kappa shape index (κ3) is 1.87. The number of para-hydroxylation sites is 2. The topological polar surface area (TPSA) is 4.93 Å². The first kappa shape index (κ1) is 12.7. The summed E-state index contributed by atoms with van der Waals surface area (Å²) in [6.07, 6.45) is 5.67. The Bertz CT molecular complexity index is 839. The number of nitrogens with zero attached hydrogens (tertiary/aromatic N) is 1. The van der Waals surface area contributed by atoms with Gasteiger partial charge in [-0.25, -0.2) is 0 Å². The summed E-state index contributed by atoms with van der Waals surface area (Å²) in [7, 11) is 0. The number of fused-ring (bicyclic) bond motifs is 3. The van der Waals surface area contributed by atoms with Gasteiger partial charge in [0.2, 0.25) is 0 Å². The van der Waals surface area contributed by atoms with Crippen LogP contribution >= 0.6 is 0 Å². The first-order valence-electron chi connectivity index (χ1n) is 7.30. The standard InChI is InChI=1S/C17H13N.C2H6/c1-2-7-13(8-3-1)18-16-11-5-4-9-14(16)15-10-6-12-17(15)18;1-2/h1-5,7-12H,6H2;1-2H3. The number of hydrogen-bond acceptors (Lipinski definition) is 0. The zero-order valence-electron chi connectivity index (χ0n) is 12.0. The molecule has 0 atom stereocenters. The first-order valence-corrected chi connectivity index (χ1v) is 7.30. The number of rotatable bonds is 1. The molecule has 1 heteroatoms. The lowest BCUT2D eigenvalue weighted by Crippen LogP contribution is -2.25. The average Bonchev–Trinajstić information content (AvgIpc) is 3.10. The summed E-state index contributed by atoms with van der Waals surface area (Å²) in [5.74, 6) is 0. The van der Waals surface area contributed by atoms with Crippen LogP contribution in [0.15, 0.2) is 54.6 Å². The fourth-order valence-corrected chi connectivity index (χ4v) is 2.84. The van der Waals surface area contributed by atoms with E-state index in [2.05, 4.69) is 71.3 Å². The molecule has 0 radical (unpaired) electrons. The van der Waals surface area contributed by atoms with Gasteiger partial charge in [-0.05, 0) is 24.6 Å². The van der Waals surface area contributed by atoms with Crippen molar-refractivity contribution in [2.75, 3.05) is 0 Å². The fourth-order valence-electron chi connectivity index (χ4n) is 2.84. The largest absolute Gasteiger partial charge is 0.310 e. The van der Waals surface area contributed by atoms with Crippen LogP contribution in [0.2, 0.25) is 0 Å². The Morgan fingerprint density at radius 2 is 1.50 bits per heavy atom. The Morgan fingerprint density at radius 3 is 2.30 bits per heavy atom. The zero-order chi connectivity index (χ0) is 13.9. The van der Waals surface area contributed by atoms with Crippen LogP contribution in [0, 0.1) is 0 Å². The smallest absolute Gasteiger partial charge is 0.0540 e. The Balaban J connectivity index is 0.000000581. The summed E-state index contributed by atoms with van der Waals surface area (Å²) in [4.78, 5) is 0. The Morgan fingerprint density at radius 1 is 0.800 bits per heavy atom. The Hall–Kier alpha value is -2.28. The van der Waals surface area contributed by atoms with Gasteiger partial charge >= 0.3 is 0 Å². The molecule has 0 amide bonds. The van der Waals surface area contributed by atoms with E-state index in [-0.39, 0.29) is 0 Å². The van der Waals surface area contributed by atoms with E-state index in [1.807, 2.05) is 13.8 Å². The second-order valence-electron chi connectivity index (χ2n) is 4.63. The van der Waals surface area contributed by atoms with Crippen LogP contribution in [0.1, 0.15) is 20.3 Å². The maximum absolute atomic E-state index is 2.36. The summed E-state index contributed by atoms with van der Waals surface area (Å²) in [5, 5.41) is 4.07. The lowest BCUT2D eigenvalue weighted by molar-refractivity contribution is 1.07. The second kappa shape index (κ2) is 5.38. The predicted octanol–water partition coefficient (Wildman–Crippen LogP) is 3.62. The van der Waals surface area contributed by atoms with Gasteiger partial charge in [0.15, 0.2) is 0 Å². The fraction of sp³-hybridized carbons (Fsp3) is 0.158. The van der Waals surface area contributed by atoms with E-state index in [1.54, 1.807) is 0 Å². The maximum Gasteiger partial charge on any atom is 0.0540 e. The van der Waals surface area contributed by atoms with E-state index in [0.717, 1.165) is 6.42 Å². The van der Waals surface area contributed by atoms with Crippen molar-refractivity contribution in [3.8, 4) is 5.69 Å². The number of aromatic nitrogens is 1. The van der Waals surface area contributed by atoms with Crippen LogP contribution in [0.4, 0.5) is 0 Å². The van der Waals surface area contributed by atoms with Gasteiger partial charge in [-0.15, -0.1) is 0 Å². The molecule has 1 nitrogen and oxygen atoms in total. The first-order chi connectivity index (χ1) is 9.95. The van der Waals surface area contributed by atoms with Crippen LogP contribution < -0.4 is 10.6 Å². The van der Waals surface area contributed by atoms with Gasteiger partial charge in [0.05, 0.1) is 10.9 Å². The molecule has 0 unspecified atom stereocenters. The molecule has 20 heavy (non-hydrogen) atoms. The minimum Gasteiger partial charge on any atom is -0.310 e. The highest BCUT2D eigenvalue weighted by Gasteiger charge is 2.10. The van der Waals surface area contributed by atoms with Crippen LogP contribution in [0.5, 0.6) is 0 Å². The van der Waals surface area contributed by atoms with Gasteiger partial charge < -0.3 is 4.57 Å². The molecule has 0 fully saturated rings. The maximum atomic E-state index is 2.36. The van der Waals surface area contributed by atoms with Crippen molar-refractivity contribution in [3.05, 3.63) is 65.2 Å². The molecule has 4 rings (SSSR count). The van der Waals surface area contributed by atoms with E-state index in [1.165, 1.54) is 27.2 Å². The SMILES string of the molecule is C1=c2c(n(-c3ccccc3)c3ccccc23)=CC1.CC. The molecule has 0 N–H and O–H groups in total. The lowest BCUT2D eigenvalue weighted by atomic mass is 10.2. The third-order valence-electron chi connectivity index (χ3n) is 3.60. The molecule has 0 saturated heterocycles. The molecule has 0 aliphatic heterocycles. The predicted molar refractivity (Wildman–Crippen MR) is 87.4 cm³/mol. The van der Waals surface area contributed by atoms with Crippen molar-refractivity contribution < 1.29 is 0 Å². The molecule has 100 valence electrons. The van der Waals surface area contributed by atoms with Crippen molar-refractivity contribution >= 4 is 23.1 Å². The molecular weight excluding hydrogens is 242 g/mol. The van der Waals surface area contributed by atoms with Crippen LogP contribution in [-0.4, -0.2) is 4.57 Å². The van der Waals surface area contributed by atoms with E-state index in [0.29, 0.717) is 0 Å². The Kier molecular flexibility index (Phi) is 3.42. The summed E-state index contributed by atoms with van der Waals surface area (Å²) in [6, 6.07) is 19.2. The minimum absolute atomic E-state index is 1.04. The molecule has 0 saturated carbocycles. The summed E-state index contributed by atoms with van der Waals surface area (Å²) < 4.78 is 2.36. The van der Waals surface area contributed by atoms with Gasteiger partial charge in [-0.2, -0.15) is 0 Å². The zero-order valence-corrected chi connectivity index (χ0v) is 12.0. The highest BCUT2D eigenvalue weighted by Crippen LogP contribution is 2.15. The highest BCUT2D eigenvalue weighted by molar-refractivity contribution is 5.85. The molecule has 1 aliphatic rings. The van der Waals surface area contributed by atoms with Crippen molar-refractivity contribution in [3.63, 3.8) is 0 Å². The second-order valence-corrected chi connectivity index (χ2v) is 4.63.